The fourth-order valence-electron chi connectivity index (χ4n) is 3.99. The molecule has 3 atom stereocenters. The quantitative estimate of drug-likeness (QED) is 0.638. The lowest BCUT2D eigenvalue weighted by Crippen LogP contribution is -2.55. The van der Waals surface area contributed by atoms with Crippen molar-refractivity contribution in [3.8, 4) is 6.07 Å². The van der Waals surface area contributed by atoms with Crippen molar-refractivity contribution >= 4 is 29.3 Å². The number of alkyl halides is 1. The Morgan fingerprint density at radius 1 is 1.27 bits per heavy atom. The molecule has 2 aliphatic rings. The lowest BCUT2D eigenvalue weighted by atomic mass is 9.81. The largest absolute Gasteiger partial charge is 0.342 e. The van der Waals surface area contributed by atoms with Crippen LogP contribution in [0.25, 0.3) is 0 Å². The van der Waals surface area contributed by atoms with Gasteiger partial charge in [0.1, 0.15) is 12.1 Å². The number of amides is 4. The van der Waals surface area contributed by atoms with Crippen LogP contribution in [0.4, 0.5) is 10.1 Å². The van der Waals surface area contributed by atoms with Crippen LogP contribution in [-0.2, 0) is 19.2 Å². The van der Waals surface area contributed by atoms with Gasteiger partial charge in [0, 0.05) is 19.3 Å². The van der Waals surface area contributed by atoms with Gasteiger partial charge in [-0.1, -0.05) is 18.2 Å². The van der Waals surface area contributed by atoms with Crippen LogP contribution in [0.2, 0.25) is 0 Å². The van der Waals surface area contributed by atoms with Crippen molar-refractivity contribution in [3.63, 3.8) is 0 Å². The minimum absolute atomic E-state index is 0.0639. The van der Waals surface area contributed by atoms with Gasteiger partial charge in [0.05, 0.1) is 18.5 Å². The molecular formula is C23H28FN5O4. The summed E-state index contributed by atoms with van der Waals surface area (Å²) in [4.78, 5) is 52.4. The molecule has 1 heterocycles. The monoisotopic (exact) mass is 457 g/mol. The molecule has 0 radical (unpaired) electrons. The van der Waals surface area contributed by atoms with E-state index in [0.717, 1.165) is 4.90 Å². The molecule has 1 aromatic rings. The number of hydrogen-bond acceptors (Lipinski definition) is 5. The van der Waals surface area contributed by atoms with E-state index in [9.17, 15) is 28.8 Å². The van der Waals surface area contributed by atoms with Crippen molar-refractivity contribution in [3.05, 3.63) is 30.3 Å². The number of para-hydroxylation sites is 1. The van der Waals surface area contributed by atoms with Crippen molar-refractivity contribution in [2.24, 2.45) is 5.92 Å². The zero-order chi connectivity index (χ0) is 24.2. The summed E-state index contributed by atoms with van der Waals surface area (Å²) in [5.74, 6) is -2.68. The maximum atomic E-state index is 14.2. The standard InChI is InChI=1S/C23H28FN5O4/c1-15(26-22(33)23(24)9-6-10-23)21(32)28(2)14-19(30)29-13-16(11-18(29)12-25)20(31)27-17-7-4-3-5-8-17/h3-5,7-8,15-16,18H,6,9-11,13-14H2,1-2H3,(H,26,33)(H,27,31). The van der Waals surface area contributed by atoms with Gasteiger partial charge in [-0.25, -0.2) is 4.39 Å². The number of rotatable bonds is 7. The molecule has 1 saturated carbocycles. The van der Waals surface area contributed by atoms with E-state index >= 15 is 0 Å². The Balaban J connectivity index is 1.54. The number of likely N-dealkylation sites (N-methyl/N-ethyl adjacent to an activating group) is 1. The van der Waals surface area contributed by atoms with Crippen molar-refractivity contribution in [2.75, 3.05) is 25.5 Å². The van der Waals surface area contributed by atoms with E-state index in [4.69, 9.17) is 0 Å². The third-order valence-corrected chi connectivity index (χ3v) is 6.20. The average molecular weight is 458 g/mol. The van der Waals surface area contributed by atoms with Crippen LogP contribution in [0.15, 0.2) is 30.3 Å². The minimum atomic E-state index is -1.92. The second-order valence-electron chi connectivity index (χ2n) is 8.69. The molecule has 2 N–H and O–H groups in total. The summed E-state index contributed by atoms with van der Waals surface area (Å²) in [6.07, 6.45) is 1.10. The maximum Gasteiger partial charge on any atom is 0.258 e. The van der Waals surface area contributed by atoms with Crippen LogP contribution in [0.5, 0.6) is 0 Å². The molecule has 1 aromatic carbocycles. The summed E-state index contributed by atoms with van der Waals surface area (Å²) in [5, 5.41) is 14.6. The van der Waals surface area contributed by atoms with E-state index in [2.05, 4.69) is 10.6 Å². The number of carbonyl (C=O) groups is 4. The number of likely N-dealkylation sites (tertiary alicyclic amines) is 1. The number of halogens is 1. The van der Waals surface area contributed by atoms with E-state index in [1.807, 2.05) is 12.1 Å². The summed E-state index contributed by atoms with van der Waals surface area (Å²) in [7, 11) is 1.40. The second kappa shape index (κ2) is 9.98. The summed E-state index contributed by atoms with van der Waals surface area (Å²) in [5.41, 5.74) is -1.30. The van der Waals surface area contributed by atoms with Gasteiger partial charge < -0.3 is 20.4 Å². The third-order valence-electron chi connectivity index (χ3n) is 6.20. The highest BCUT2D eigenvalue weighted by molar-refractivity contribution is 5.95. The number of anilines is 1. The van der Waals surface area contributed by atoms with Crippen LogP contribution in [-0.4, -0.2) is 71.3 Å². The van der Waals surface area contributed by atoms with Crippen LogP contribution < -0.4 is 10.6 Å². The highest BCUT2D eigenvalue weighted by Gasteiger charge is 2.45. The molecule has 10 heteroatoms. The van der Waals surface area contributed by atoms with E-state index in [0.29, 0.717) is 12.1 Å². The number of nitriles is 1. The minimum Gasteiger partial charge on any atom is -0.342 e. The molecule has 2 fully saturated rings. The fourth-order valence-corrected chi connectivity index (χ4v) is 3.99. The van der Waals surface area contributed by atoms with Gasteiger partial charge in [-0.05, 0) is 44.7 Å². The molecule has 9 nitrogen and oxygen atoms in total. The molecule has 3 unspecified atom stereocenters. The summed E-state index contributed by atoms with van der Waals surface area (Å²) in [6.45, 7) is 1.17. The third kappa shape index (κ3) is 5.48. The molecule has 1 saturated heterocycles. The maximum absolute atomic E-state index is 14.2. The molecule has 0 aromatic heterocycles. The Labute approximate surface area is 191 Å². The smallest absolute Gasteiger partial charge is 0.258 e. The molecule has 33 heavy (non-hydrogen) atoms. The van der Waals surface area contributed by atoms with Gasteiger partial charge in [-0.3, -0.25) is 19.2 Å². The highest BCUT2D eigenvalue weighted by atomic mass is 19.1. The Hall–Kier alpha value is -3.48. The zero-order valence-corrected chi connectivity index (χ0v) is 18.7. The second-order valence-corrected chi connectivity index (χ2v) is 8.69. The van der Waals surface area contributed by atoms with Gasteiger partial charge in [0.25, 0.3) is 5.91 Å². The van der Waals surface area contributed by atoms with Crippen molar-refractivity contribution in [1.29, 1.82) is 5.26 Å². The number of hydrogen-bond donors (Lipinski definition) is 2. The van der Waals surface area contributed by atoms with Gasteiger partial charge in [0.15, 0.2) is 5.67 Å². The van der Waals surface area contributed by atoms with Gasteiger partial charge in [0.2, 0.25) is 17.7 Å². The van der Waals surface area contributed by atoms with E-state index in [1.54, 1.807) is 24.3 Å². The molecule has 0 bridgehead atoms. The number of nitrogens with zero attached hydrogens (tertiary/aromatic N) is 3. The molecule has 4 amide bonds. The van der Waals surface area contributed by atoms with E-state index < -0.39 is 41.4 Å². The Morgan fingerprint density at radius 2 is 1.94 bits per heavy atom. The number of nitrogens with one attached hydrogen (secondary N) is 2. The zero-order valence-electron chi connectivity index (χ0n) is 18.7. The molecule has 176 valence electrons. The molecule has 3 rings (SSSR count). The SMILES string of the molecule is CC(NC(=O)C1(F)CCC1)C(=O)N(C)CC(=O)N1CC(C(=O)Nc2ccccc2)CC1C#N. The topological polar surface area (TPSA) is 123 Å². The fraction of sp³-hybridized carbons (Fsp3) is 0.522. The first-order valence-electron chi connectivity index (χ1n) is 10.9. The predicted octanol–water partition coefficient (Wildman–Crippen LogP) is 1.22. The average Bonchev–Trinajstić information content (AvgIpc) is 3.22. The Bertz CT molecular complexity index is 959. The van der Waals surface area contributed by atoms with Crippen molar-refractivity contribution in [2.45, 2.75) is 50.4 Å². The van der Waals surface area contributed by atoms with E-state index in [1.165, 1.54) is 18.9 Å². The normalized spacial score (nSPS) is 21.8. The van der Waals surface area contributed by atoms with Gasteiger partial charge >= 0.3 is 0 Å². The Kier molecular flexibility index (Phi) is 7.31. The van der Waals surface area contributed by atoms with Gasteiger partial charge in [-0.15, -0.1) is 0 Å². The molecule has 1 aliphatic carbocycles. The molecule has 1 aliphatic heterocycles. The predicted molar refractivity (Wildman–Crippen MR) is 117 cm³/mol. The van der Waals surface area contributed by atoms with E-state index in [-0.39, 0.29) is 38.3 Å². The van der Waals surface area contributed by atoms with Crippen LogP contribution in [0, 0.1) is 17.2 Å². The lowest BCUT2D eigenvalue weighted by Gasteiger charge is -2.33. The molecule has 0 spiro atoms. The first-order chi connectivity index (χ1) is 15.6. The highest BCUT2D eigenvalue weighted by Crippen LogP contribution is 2.36. The van der Waals surface area contributed by atoms with Crippen LogP contribution in [0.1, 0.15) is 32.6 Å². The number of carbonyl (C=O) groups excluding carboxylic acids is 4. The van der Waals surface area contributed by atoms with Crippen LogP contribution >= 0.6 is 0 Å². The summed E-state index contributed by atoms with van der Waals surface area (Å²) >= 11 is 0. The first kappa shape index (κ1) is 24.2. The van der Waals surface area contributed by atoms with Crippen molar-refractivity contribution in [1.82, 2.24) is 15.1 Å². The summed E-state index contributed by atoms with van der Waals surface area (Å²) in [6, 6.07) is 9.15. The van der Waals surface area contributed by atoms with Gasteiger partial charge in [-0.2, -0.15) is 5.26 Å². The molecular weight excluding hydrogens is 429 g/mol. The first-order valence-corrected chi connectivity index (χ1v) is 10.9. The Morgan fingerprint density at radius 3 is 2.52 bits per heavy atom. The number of benzene rings is 1. The van der Waals surface area contributed by atoms with Crippen molar-refractivity contribution < 1.29 is 23.6 Å². The van der Waals surface area contributed by atoms with Crippen LogP contribution in [0.3, 0.4) is 0 Å². The lowest BCUT2D eigenvalue weighted by molar-refractivity contribution is -0.144. The summed E-state index contributed by atoms with van der Waals surface area (Å²) < 4.78 is 14.2.